The van der Waals surface area contributed by atoms with Crippen molar-refractivity contribution in [1.82, 2.24) is 10.1 Å². The quantitative estimate of drug-likeness (QED) is 0.863. The number of nitrogens with zero attached hydrogens (tertiary/aromatic N) is 3. The molecule has 2 aromatic heterocycles. The number of pyridine rings is 1. The van der Waals surface area contributed by atoms with Gasteiger partial charge in [0.05, 0.1) is 17.8 Å². The molecule has 0 atom stereocenters. The standard InChI is InChI=1S/C18H24N4O3/c1-12-15(13(2)25-21-12)10-17(24)20-16-4-3-7-19-18(16)22-8-5-14(11-23)6-9-22/h3-4,7,14,23H,5-6,8-11H2,1-2H3,(H,20,24). The van der Waals surface area contributed by atoms with Crippen LogP contribution >= 0.6 is 0 Å². The first-order valence-corrected chi connectivity index (χ1v) is 8.61. The maximum Gasteiger partial charge on any atom is 0.229 e. The first-order chi connectivity index (χ1) is 12.1. The van der Waals surface area contributed by atoms with Crippen LogP contribution in [0.25, 0.3) is 0 Å². The lowest BCUT2D eigenvalue weighted by molar-refractivity contribution is -0.115. The number of amides is 1. The fourth-order valence-corrected chi connectivity index (χ4v) is 3.18. The number of nitrogens with one attached hydrogen (secondary N) is 1. The molecule has 0 radical (unpaired) electrons. The summed E-state index contributed by atoms with van der Waals surface area (Å²) in [6.45, 7) is 5.53. The first kappa shape index (κ1) is 17.4. The van der Waals surface area contributed by atoms with E-state index in [1.54, 1.807) is 6.20 Å². The second kappa shape index (κ2) is 7.65. The van der Waals surface area contributed by atoms with E-state index in [4.69, 9.17) is 4.52 Å². The van der Waals surface area contributed by atoms with Crippen molar-refractivity contribution in [2.75, 3.05) is 29.9 Å². The molecule has 0 unspecified atom stereocenters. The molecule has 0 aliphatic carbocycles. The van der Waals surface area contributed by atoms with E-state index in [2.05, 4.69) is 20.4 Å². The second-order valence-corrected chi connectivity index (χ2v) is 6.52. The molecule has 3 heterocycles. The number of rotatable bonds is 5. The molecule has 0 saturated carbocycles. The van der Waals surface area contributed by atoms with Crippen LogP contribution in [-0.4, -0.2) is 40.9 Å². The zero-order chi connectivity index (χ0) is 17.8. The van der Waals surface area contributed by atoms with E-state index in [0.717, 1.165) is 43.0 Å². The summed E-state index contributed by atoms with van der Waals surface area (Å²) in [6.07, 6.45) is 3.82. The van der Waals surface area contributed by atoms with E-state index in [0.29, 0.717) is 17.4 Å². The van der Waals surface area contributed by atoms with Crippen molar-refractivity contribution >= 4 is 17.4 Å². The van der Waals surface area contributed by atoms with E-state index in [1.807, 2.05) is 26.0 Å². The molecule has 1 fully saturated rings. The Kier molecular flexibility index (Phi) is 5.33. The molecule has 7 heteroatoms. The smallest absolute Gasteiger partial charge is 0.229 e. The number of hydrogen-bond donors (Lipinski definition) is 2. The van der Waals surface area contributed by atoms with Crippen molar-refractivity contribution in [3.63, 3.8) is 0 Å². The van der Waals surface area contributed by atoms with E-state index in [9.17, 15) is 9.90 Å². The van der Waals surface area contributed by atoms with E-state index in [1.165, 1.54) is 0 Å². The van der Waals surface area contributed by atoms with Gasteiger partial charge in [0.15, 0.2) is 5.82 Å². The summed E-state index contributed by atoms with van der Waals surface area (Å²) in [4.78, 5) is 19.1. The monoisotopic (exact) mass is 344 g/mol. The third-order valence-corrected chi connectivity index (χ3v) is 4.75. The van der Waals surface area contributed by atoms with Crippen LogP contribution in [0.2, 0.25) is 0 Å². The van der Waals surface area contributed by atoms with E-state index in [-0.39, 0.29) is 18.9 Å². The minimum atomic E-state index is -0.117. The highest BCUT2D eigenvalue weighted by Gasteiger charge is 2.22. The Hall–Kier alpha value is -2.41. The van der Waals surface area contributed by atoms with Gasteiger partial charge in [-0.15, -0.1) is 0 Å². The fraction of sp³-hybridized carbons (Fsp3) is 0.500. The molecule has 0 bridgehead atoms. The van der Waals surface area contributed by atoms with Crippen molar-refractivity contribution in [2.45, 2.75) is 33.1 Å². The normalized spacial score (nSPS) is 15.4. The highest BCUT2D eigenvalue weighted by atomic mass is 16.5. The van der Waals surface area contributed by atoms with Crippen molar-refractivity contribution in [3.8, 4) is 0 Å². The number of aryl methyl sites for hydroxylation is 2. The Morgan fingerprint density at radius 2 is 2.16 bits per heavy atom. The van der Waals surface area contributed by atoms with Gasteiger partial charge in [0.2, 0.25) is 5.91 Å². The summed E-state index contributed by atoms with van der Waals surface area (Å²) in [5.74, 6) is 1.70. The maximum atomic E-state index is 12.5. The van der Waals surface area contributed by atoms with Gasteiger partial charge in [-0.25, -0.2) is 4.98 Å². The number of carbonyl (C=O) groups is 1. The lowest BCUT2D eigenvalue weighted by atomic mass is 9.98. The second-order valence-electron chi connectivity index (χ2n) is 6.52. The summed E-state index contributed by atoms with van der Waals surface area (Å²) < 4.78 is 5.11. The summed E-state index contributed by atoms with van der Waals surface area (Å²) in [6, 6.07) is 3.68. The zero-order valence-corrected chi connectivity index (χ0v) is 14.7. The molecule has 25 heavy (non-hydrogen) atoms. The highest BCUT2D eigenvalue weighted by molar-refractivity contribution is 5.95. The van der Waals surface area contributed by atoms with Gasteiger partial charge in [0, 0.05) is 31.5 Å². The van der Waals surface area contributed by atoms with Crippen LogP contribution in [0, 0.1) is 19.8 Å². The largest absolute Gasteiger partial charge is 0.396 e. The molecule has 0 spiro atoms. The van der Waals surface area contributed by atoms with Gasteiger partial charge in [-0.2, -0.15) is 0 Å². The summed E-state index contributed by atoms with van der Waals surface area (Å²) in [5, 5.41) is 16.1. The molecule has 2 aromatic rings. The third kappa shape index (κ3) is 3.99. The Morgan fingerprint density at radius 3 is 2.80 bits per heavy atom. The van der Waals surface area contributed by atoms with Crippen molar-refractivity contribution < 1.29 is 14.4 Å². The van der Waals surface area contributed by atoms with Crippen molar-refractivity contribution in [3.05, 3.63) is 35.3 Å². The van der Waals surface area contributed by atoms with E-state index < -0.39 is 0 Å². The van der Waals surface area contributed by atoms with Gasteiger partial charge in [-0.1, -0.05) is 5.16 Å². The number of anilines is 2. The Labute approximate surface area is 147 Å². The van der Waals surface area contributed by atoms with Crippen LogP contribution in [0.1, 0.15) is 29.9 Å². The highest BCUT2D eigenvalue weighted by Crippen LogP contribution is 2.27. The SMILES string of the molecule is Cc1noc(C)c1CC(=O)Nc1cccnc1N1CCC(CO)CC1. The molecule has 2 N–H and O–H groups in total. The maximum absolute atomic E-state index is 12.5. The van der Waals surface area contributed by atoms with E-state index >= 15 is 0 Å². The Balaban J connectivity index is 1.70. The van der Waals surface area contributed by atoms with Crippen LogP contribution in [0.4, 0.5) is 11.5 Å². The Morgan fingerprint density at radius 1 is 1.40 bits per heavy atom. The summed E-state index contributed by atoms with van der Waals surface area (Å²) in [5.41, 5.74) is 2.28. The number of aliphatic hydroxyl groups is 1. The number of aliphatic hydroxyl groups excluding tert-OH is 1. The van der Waals surface area contributed by atoms with Crippen LogP contribution in [0.5, 0.6) is 0 Å². The average molecular weight is 344 g/mol. The molecular formula is C18H24N4O3. The van der Waals surface area contributed by atoms with Gasteiger partial charge >= 0.3 is 0 Å². The third-order valence-electron chi connectivity index (χ3n) is 4.75. The van der Waals surface area contributed by atoms with Gasteiger partial charge in [-0.3, -0.25) is 4.79 Å². The molecule has 0 aromatic carbocycles. The van der Waals surface area contributed by atoms with Gasteiger partial charge in [0.25, 0.3) is 0 Å². The van der Waals surface area contributed by atoms with Crippen LogP contribution < -0.4 is 10.2 Å². The average Bonchev–Trinajstić information content (AvgIpc) is 2.94. The summed E-state index contributed by atoms with van der Waals surface area (Å²) in [7, 11) is 0. The number of carbonyl (C=O) groups excluding carboxylic acids is 1. The fourth-order valence-electron chi connectivity index (χ4n) is 3.18. The van der Waals surface area contributed by atoms with Crippen molar-refractivity contribution in [2.24, 2.45) is 5.92 Å². The predicted octanol–water partition coefficient (Wildman–Crippen LogP) is 2.08. The molecule has 1 aliphatic rings. The van der Waals surface area contributed by atoms with Crippen molar-refractivity contribution in [1.29, 1.82) is 0 Å². The van der Waals surface area contributed by atoms with Gasteiger partial charge in [-0.05, 0) is 44.7 Å². The van der Waals surface area contributed by atoms with Crippen LogP contribution in [0.3, 0.4) is 0 Å². The molecule has 1 saturated heterocycles. The molecule has 3 rings (SSSR count). The molecular weight excluding hydrogens is 320 g/mol. The lowest BCUT2D eigenvalue weighted by Crippen LogP contribution is -2.36. The topological polar surface area (TPSA) is 91.5 Å². The summed E-state index contributed by atoms with van der Waals surface area (Å²) >= 11 is 0. The van der Waals surface area contributed by atoms with Gasteiger partial charge in [0.1, 0.15) is 5.76 Å². The minimum Gasteiger partial charge on any atom is -0.396 e. The minimum absolute atomic E-state index is 0.117. The molecule has 134 valence electrons. The number of piperidine rings is 1. The Bertz CT molecular complexity index is 716. The lowest BCUT2D eigenvalue weighted by Gasteiger charge is -2.33. The van der Waals surface area contributed by atoms with Crippen LogP contribution in [-0.2, 0) is 11.2 Å². The number of hydrogen-bond acceptors (Lipinski definition) is 6. The van der Waals surface area contributed by atoms with Crippen LogP contribution in [0.15, 0.2) is 22.9 Å². The zero-order valence-electron chi connectivity index (χ0n) is 14.7. The molecule has 7 nitrogen and oxygen atoms in total. The number of aromatic nitrogens is 2. The molecule has 1 aliphatic heterocycles. The first-order valence-electron chi connectivity index (χ1n) is 8.61. The molecule has 1 amide bonds. The van der Waals surface area contributed by atoms with Gasteiger partial charge < -0.3 is 19.8 Å². The predicted molar refractivity (Wildman–Crippen MR) is 94.6 cm³/mol.